The molecule has 1 aliphatic rings. The Balaban J connectivity index is 1.97. The van der Waals surface area contributed by atoms with Crippen LogP contribution in [0.15, 0.2) is 24.3 Å². The third kappa shape index (κ3) is 6.97. The summed E-state index contributed by atoms with van der Waals surface area (Å²) in [5.41, 5.74) is 0.786. The molecule has 0 spiro atoms. The summed E-state index contributed by atoms with van der Waals surface area (Å²) in [5, 5.41) is 21.7. The number of benzene rings is 1. The SMILES string of the molecule is CC(=O)OCC1OC(n2nnc(Cc3ccc(O)cc3)n2)C(OC(C)=O)C(OC(C)=O)C1OC(C)=O. The summed E-state index contributed by atoms with van der Waals surface area (Å²) in [6, 6.07) is 6.40. The van der Waals surface area contributed by atoms with E-state index >= 15 is 0 Å². The molecule has 3 rings (SSSR count). The highest BCUT2D eigenvalue weighted by atomic mass is 16.7. The number of ether oxygens (including phenoxy) is 5. The van der Waals surface area contributed by atoms with E-state index in [0.29, 0.717) is 0 Å². The Kier molecular flexibility index (Phi) is 8.53. The average Bonchev–Trinajstić information content (AvgIpc) is 3.24. The first-order valence-electron chi connectivity index (χ1n) is 10.9. The predicted molar refractivity (Wildman–Crippen MR) is 116 cm³/mol. The molecule has 36 heavy (non-hydrogen) atoms. The van der Waals surface area contributed by atoms with Gasteiger partial charge in [-0.3, -0.25) is 19.2 Å². The zero-order chi connectivity index (χ0) is 26.4. The maximum absolute atomic E-state index is 11.9. The van der Waals surface area contributed by atoms with Crippen molar-refractivity contribution in [1.29, 1.82) is 0 Å². The van der Waals surface area contributed by atoms with Crippen LogP contribution in [-0.2, 0) is 49.3 Å². The Morgan fingerprint density at radius 1 is 0.889 bits per heavy atom. The van der Waals surface area contributed by atoms with E-state index in [4.69, 9.17) is 23.7 Å². The van der Waals surface area contributed by atoms with Gasteiger partial charge in [0.25, 0.3) is 0 Å². The Labute approximate surface area is 205 Å². The molecule has 1 fully saturated rings. The van der Waals surface area contributed by atoms with Crippen LogP contribution < -0.4 is 0 Å². The van der Waals surface area contributed by atoms with Crippen LogP contribution in [-0.4, -0.2) is 80.2 Å². The minimum absolute atomic E-state index is 0.105. The smallest absolute Gasteiger partial charge is 0.303 e. The largest absolute Gasteiger partial charge is 0.508 e. The lowest BCUT2D eigenvalue weighted by Crippen LogP contribution is -2.60. The van der Waals surface area contributed by atoms with Gasteiger partial charge in [-0.05, 0) is 22.9 Å². The topological polar surface area (TPSA) is 178 Å². The second kappa shape index (κ2) is 11.6. The Bertz CT molecular complexity index is 1100. The lowest BCUT2D eigenvalue weighted by atomic mass is 9.97. The molecule has 0 saturated carbocycles. The lowest BCUT2D eigenvalue weighted by Gasteiger charge is -2.43. The molecule has 0 amide bonds. The Morgan fingerprint density at radius 2 is 1.47 bits per heavy atom. The van der Waals surface area contributed by atoms with E-state index in [1.165, 1.54) is 19.1 Å². The molecule has 14 nitrogen and oxygen atoms in total. The molecule has 0 radical (unpaired) electrons. The maximum Gasteiger partial charge on any atom is 0.303 e. The monoisotopic (exact) mass is 506 g/mol. The number of carbonyl (C=O) groups is 4. The van der Waals surface area contributed by atoms with E-state index in [1.54, 1.807) is 12.1 Å². The second-order valence-electron chi connectivity index (χ2n) is 7.96. The van der Waals surface area contributed by atoms with Crippen molar-refractivity contribution in [3.63, 3.8) is 0 Å². The van der Waals surface area contributed by atoms with Crippen LogP contribution in [0.2, 0.25) is 0 Å². The Hall–Kier alpha value is -4.07. The zero-order valence-electron chi connectivity index (χ0n) is 20.0. The van der Waals surface area contributed by atoms with Gasteiger partial charge in [-0.1, -0.05) is 12.1 Å². The normalized spacial score (nSPS) is 23.4. The number of rotatable bonds is 8. The third-order valence-electron chi connectivity index (χ3n) is 4.96. The molecule has 2 aromatic rings. The number of esters is 4. The van der Waals surface area contributed by atoms with Gasteiger partial charge in [0.2, 0.25) is 6.23 Å². The summed E-state index contributed by atoms with van der Waals surface area (Å²) in [5.74, 6) is -2.47. The number of phenolic OH excluding ortho intramolecular Hbond substituents is 1. The molecule has 2 heterocycles. The van der Waals surface area contributed by atoms with Gasteiger partial charge in [0.1, 0.15) is 18.5 Å². The van der Waals surface area contributed by atoms with Crippen LogP contribution in [0, 0.1) is 0 Å². The van der Waals surface area contributed by atoms with Crippen LogP contribution in [0.3, 0.4) is 0 Å². The van der Waals surface area contributed by atoms with E-state index in [1.807, 2.05) is 0 Å². The minimum Gasteiger partial charge on any atom is -0.508 e. The van der Waals surface area contributed by atoms with Gasteiger partial charge in [0.05, 0.1) is 0 Å². The van der Waals surface area contributed by atoms with Crippen LogP contribution in [0.4, 0.5) is 0 Å². The lowest BCUT2D eigenvalue weighted by molar-refractivity contribution is -0.272. The van der Waals surface area contributed by atoms with Crippen molar-refractivity contribution < 1.29 is 48.0 Å². The van der Waals surface area contributed by atoms with Gasteiger partial charge in [0.15, 0.2) is 24.1 Å². The molecule has 0 bridgehead atoms. The summed E-state index contributed by atoms with van der Waals surface area (Å²) in [4.78, 5) is 48.1. The van der Waals surface area contributed by atoms with Crippen LogP contribution in [0.1, 0.15) is 45.3 Å². The molecule has 194 valence electrons. The molecule has 5 unspecified atom stereocenters. The van der Waals surface area contributed by atoms with Crippen molar-refractivity contribution >= 4 is 23.9 Å². The Morgan fingerprint density at radius 3 is 2.06 bits per heavy atom. The highest BCUT2D eigenvalue weighted by molar-refractivity contribution is 5.68. The van der Waals surface area contributed by atoms with Crippen molar-refractivity contribution in [2.24, 2.45) is 0 Å². The van der Waals surface area contributed by atoms with E-state index in [0.717, 1.165) is 31.1 Å². The maximum atomic E-state index is 11.9. The standard InChI is InChI=1S/C22H26N4O10/c1-11(27)32-10-17-19(33-12(2)28)20(34-13(3)29)21(35-14(4)30)22(36-17)26-24-18(23-25-26)9-15-5-7-16(31)8-6-15/h5-8,17,19-22,31H,9-10H2,1-4H3. The van der Waals surface area contributed by atoms with Crippen molar-refractivity contribution in [2.45, 2.75) is 64.8 Å². The van der Waals surface area contributed by atoms with Gasteiger partial charge in [-0.25, -0.2) is 0 Å². The summed E-state index contributed by atoms with van der Waals surface area (Å²) in [6.07, 6.45) is -6.14. The number of aromatic hydroxyl groups is 1. The van der Waals surface area contributed by atoms with Crippen LogP contribution in [0.25, 0.3) is 0 Å². The summed E-state index contributed by atoms with van der Waals surface area (Å²) in [7, 11) is 0. The summed E-state index contributed by atoms with van der Waals surface area (Å²) in [6.45, 7) is 4.21. The van der Waals surface area contributed by atoms with E-state index < -0.39 is 54.5 Å². The van der Waals surface area contributed by atoms with E-state index in [9.17, 15) is 24.3 Å². The highest BCUT2D eigenvalue weighted by Crippen LogP contribution is 2.34. The van der Waals surface area contributed by atoms with Gasteiger partial charge in [-0.15, -0.1) is 15.0 Å². The summed E-state index contributed by atoms with van der Waals surface area (Å²) >= 11 is 0. The zero-order valence-corrected chi connectivity index (χ0v) is 20.0. The first-order valence-corrected chi connectivity index (χ1v) is 10.9. The average molecular weight is 506 g/mol. The van der Waals surface area contributed by atoms with Crippen LogP contribution in [0.5, 0.6) is 5.75 Å². The number of carbonyl (C=O) groups excluding carboxylic acids is 4. The number of hydrogen-bond donors (Lipinski definition) is 1. The molecule has 1 aromatic carbocycles. The molecule has 1 N–H and O–H groups in total. The van der Waals surface area contributed by atoms with E-state index in [2.05, 4.69) is 15.4 Å². The predicted octanol–water partition coefficient (Wildman–Crippen LogP) is 0.225. The fourth-order valence-corrected chi connectivity index (χ4v) is 3.62. The summed E-state index contributed by atoms with van der Waals surface area (Å²) < 4.78 is 27.2. The van der Waals surface area contributed by atoms with E-state index in [-0.39, 0.29) is 24.6 Å². The number of tetrazole rings is 1. The minimum atomic E-state index is -1.35. The highest BCUT2D eigenvalue weighted by Gasteiger charge is 2.53. The fourth-order valence-electron chi connectivity index (χ4n) is 3.62. The van der Waals surface area contributed by atoms with Crippen molar-refractivity contribution in [3.8, 4) is 5.75 Å². The van der Waals surface area contributed by atoms with Crippen molar-refractivity contribution in [3.05, 3.63) is 35.7 Å². The third-order valence-corrected chi connectivity index (χ3v) is 4.96. The molecule has 5 atom stereocenters. The first kappa shape index (κ1) is 26.5. The first-order chi connectivity index (χ1) is 17.0. The van der Waals surface area contributed by atoms with Gasteiger partial charge >= 0.3 is 23.9 Å². The quantitative estimate of drug-likeness (QED) is 0.380. The molecule has 1 aliphatic heterocycles. The van der Waals surface area contributed by atoms with Gasteiger partial charge in [-0.2, -0.15) is 0 Å². The van der Waals surface area contributed by atoms with Crippen molar-refractivity contribution in [2.75, 3.05) is 6.61 Å². The number of aromatic nitrogens is 4. The molecule has 1 aromatic heterocycles. The molecular formula is C22H26N4O10. The van der Waals surface area contributed by atoms with Crippen LogP contribution >= 0.6 is 0 Å². The molecule has 1 saturated heterocycles. The number of nitrogens with zero attached hydrogens (tertiary/aromatic N) is 4. The molecule has 14 heteroatoms. The second-order valence-corrected chi connectivity index (χ2v) is 7.96. The fraction of sp³-hybridized carbons (Fsp3) is 0.500. The van der Waals surface area contributed by atoms with Crippen molar-refractivity contribution in [1.82, 2.24) is 20.2 Å². The van der Waals surface area contributed by atoms with Gasteiger partial charge < -0.3 is 28.8 Å². The molecule has 0 aliphatic carbocycles. The number of hydrogen-bond acceptors (Lipinski definition) is 13. The number of phenols is 1. The van der Waals surface area contributed by atoms with Gasteiger partial charge in [0, 0.05) is 34.1 Å². The molecular weight excluding hydrogens is 480 g/mol.